The molecule has 0 unspecified atom stereocenters. The Kier molecular flexibility index (Phi) is 7.52. The van der Waals surface area contributed by atoms with Gasteiger partial charge in [-0.05, 0) is 24.6 Å². The van der Waals surface area contributed by atoms with Crippen LogP contribution < -0.4 is 10.1 Å². The van der Waals surface area contributed by atoms with Crippen molar-refractivity contribution in [3.63, 3.8) is 0 Å². The van der Waals surface area contributed by atoms with E-state index in [1.165, 1.54) is 4.90 Å². The highest BCUT2D eigenvalue weighted by atomic mass is 35.5. The van der Waals surface area contributed by atoms with Crippen LogP contribution >= 0.6 is 11.6 Å². The van der Waals surface area contributed by atoms with Crippen molar-refractivity contribution in [2.45, 2.75) is 6.42 Å². The molecule has 22 heavy (non-hydrogen) atoms. The highest BCUT2D eigenvalue weighted by molar-refractivity contribution is 6.30. The molecule has 6 nitrogen and oxygen atoms in total. The summed E-state index contributed by atoms with van der Waals surface area (Å²) in [5.74, 6) is 0.567. The Labute approximate surface area is 136 Å². The third-order valence-corrected chi connectivity index (χ3v) is 3.16. The summed E-state index contributed by atoms with van der Waals surface area (Å²) >= 11 is 5.86. The lowest BCUT2D eigenvalue weighted by Crippen LogP contribution is -2.42. The Morgan fingerprint density at radius 2 is 2.00 bits per heavy atom. The Balaban J connectivity index is 2.21. The fraction of sp³-hybridized carbons (Fsp3) is 0.467. The lowest BCUT2D eigenvalue weighted by Gasteiger charge is -2.18. The van der Waals surface area contributed by atoms with Crippen LogP contribution in [0.2, 0.25) is 5.02 Å². The highest BCUT2D eigenvalue weighted by Crippen LogP contribution is 2.17. The third-order valence-electron chi connectivity index (χ3n) is 2.93. The van der Waals surface area contributed by atoms with Crippen molar-refractivity contribution in [2.24, 2.45) is 0 Å². The molecule has 0 radical (unpaired) electrons. The minimum absolute atomic E-state index is 0.0112. The van der Waals surface area contributed by atoms with Crippen LogP contribution in [0, 0.1) is 0 Å². The summed E-state index contributed by atoms with van der Waals surface area (Å²) in [6, 6.07) is 6.89. The predicted molar refractivity (Wildman–Crippen MR) is 86.3 cm³/mol. The van der Waals surface area contributed by atoms with Crippen molar-refractivity contribution in [2.75, 3.05) is 40.8 Å². The number of carbonyl (C=O) groups is 2. The lowest BCUT2D eigenvalue weighted by atomic mass is 10.3. The minimum atomic E-state index is -0.286. The maximum atomic E-state index is 11.8. The maximum Gasteiger partial charge on any atom is 0.317 e. The van der Waals surface area contributed by atoms with Crippen LogP contribution in [-0.2, 0) is 4.79 Å². The summed E-state index contributed by atoms with van der Waals surface area (Å²) in [4.78, 5) is 26.1. The Hall–Kier alpha value is -1.95. The smallest absolute Gasteiger partial charge is 0.317 e. The van der Waals surface area contributed by atoms with Crippen LogP contribution in [0.15, 0.2) is 24.3 Å². The number of likely N-dealkylation sites (N-methyl/N-ethyl adjacent to an activating group) is 1. The SMILES string of the molecule is CN(C)C(=O)NCC(=O)N(C)CCCOc1cccc(Cl)c1. The van der Waals surface area contributed by atoms with Gasteiger partial charge in [-0.3, -0.25) is 4.79 Å². The number of carbonyl (C=O) groups excluding carboxylic acids is 2. The van der Waals surface area contributed by atoms with Gasteiger partial charge in [-0.25, -0.2) is 4.79 Å². The third kappa shape index (κ3) is 6.67. The first-order chi connectivity index (χ1) is 10.4. The van der Waals surface area contributed by atoms with E-state index in [1.807, 2.05) is 12.1 Å². The zero-order chi connectivity index (χ0) is 16.5. The number of nitrogens with zero attached hydrogens (tertiary/aromatic N) is 2. The number of benzene rings is 1. The van der Waals surface area contributed by atoms with Crippen LogP contribution in [0.1, 0.15) is 6.42 Å². The summed E-state index contributed by atoms with van der Waals surface area (Å²) in [5, 5.41) is 3.16. The molecule has 0 atom stereocenters. The second-order valence-electron chi connectivity index (χ2n) is 5.03. The molecule has 1 aromatic rings. The summed E-state index contributed by atoms with van der Waals surface area (Å²) < 4.78 is 5.55. The zero-order valence-electron chi connectivity index (χ0n) is 13.1. The summed E-state index contributed by atoms with van der Waals surface area (Å²) in [5.41, 5.74) is 0. The monoisotopic (exact) mass is 327 g/mol. The molecule has 0 aromatic heterocycles. The fourth-order valence-corrected chi connectivity index (χ4v) is 1.80. The number of urea groups is 1. The van der Waals surface area contributed by atoms with Crippen LogP contribution in [0.4, 0.5) is 4.79 Å². The average Bonchev–Trinajstić information content (AvgIpc) is 2.48. The number of halogens is 1. The van der Waals surface area contributed by atoms with Gasteiger partial charge in [-0.15, -0.1) is 0 Å². The van der Waals surface area contributed by atoms with E-state index in [0.717, 1.165) is 0 Å². The molecule has 7 heteroatoms. The van der Waals surface area contributed by atoms with Gasteiger partial charge in [0.05, 0.1) is 13.2 Å². The summed E-state index contributed by atoms with van der Waals surface area (Å²) in [7, 11) is 4.94. The van der Waals surface area contributed by atoms with Gasteiger partial charge in [0.15, 0.2) is 0 Å². The molecular weight excluding hydrogens is 306 g/mol. The molecule has 0 saturated carbocycles. The molecular formula is C15H22ClN3O3. The van der Waals surface area contributed by atoms with Gasteiger partial charge in [0, 0.05) is 32.7 Å². The average molecular weight is 328 g/mol. The molecule has 0 spiro atoms. The van der Waals surface area contributed by atoms with Crippen LogP contribution in [0.25, 0.3) is 0 Å². The Morgan fingerprint density at radius 3 is 2.64 bits per heavy atom. The zero-order valence-corrected chi connectivity index (χ0v) is 13.9. The van der Waals surface area contributed by atoms with Crippen molar-refractivity contribution < 1.29 is 14.3 Å². The Bertz CT molecular complexity index is 509. The quantitative estimate of drug-likeness (QED) is 0.777. The van der Waals surface area contributed by atoms with Gasteiger partial charge in [0.25, 0.3) is 0 Å². The molecule has 0 heterocycles. The topological polar surface area (TPSA) is 61.9 Å². The fourth-order valence-electron chi connectivity index (χ4n) is 1.62. The highest BCUT2D eigenvalue weighted by Gasteiger charge is 2.10. The van der Waals surface area contributed by atoms with Crippen molar-refractivity contribution in [1.82, 2.24) is 15.1 Å². The first-order valence-electron chi connectivity index (χ1n) is 6.97. The number of hydrogen-bond donors (Lipinski definition) is 1. The van der Waals surface area contributed by atoms with Gasteiger partial charge in [-0.2, -0.15) is 0 Å². The molecule has 1 N–H and O–H groups in total. The van der Waals surface area contributed by atoms with E-state index in [9.17, 15) is 9.59 Å². The van der Waals surface area contributed by atoms with Crippen LogP contribution in [0.3, 0.4) is 0 Å². The second kappa shape index (κ2) is 9.15. The first kappa shape index (κ1) is 18.1. The van der Waals surface area contributed by atoms with Gasteiger partial charge < -0.3 is 19.9 Å². The van der Waals surface area contributed by atoms with Crippen molar-refractivity contribution in [3.8, 4) is 5.75 Å². The molecule has 1 rings (SSSR count). The molecule has 0 bridgehead atoms. The van der Waals surface area contributed by atoms with Gasteiger partial charge in [-0.1, -0.05) is 17.7 Å². The van der Waals surface area contributed by atoms with E-state index in [0.29, 0.717) is 30.3 Å². The molecule has 122 valence electrons. The molecule has 0 aliphatic heterocycles. The number of ether oxygens (including phenoxy) is 1. The second-order valence-corrected chi connectivity index (χ2v) is 5.46. The van der Waals surface area contributed by atoms with Gasteiger partial charge in [0.1, 0.15) is 5.75 Å². The summed E-state index contributed by atoms with van der Waals surface area (Å²) in [6.07, 6.45) is 0.691. The van der Waals surface area contributed by atoms with Crippen LogP contribution in [0.5, 0.6) is 5.75 Å². The molecule has 0 aliphatic carbocycles. The molecule has 3 amide bonds. The maximum absolute atomic E-state index is 11.8. The first-order valence-corrected chi connectivity index (χ1v) is 7.35. The standard InChI is InChI=1S/C15H22ClN3O3/c1-18(2)15(21)17-11-14(20)19(3)8-5-9-22-13-7-4-6-12(16)10-13/h4,6-7,10H,5,8-9,11H2,1-3H3,(H,17,21). The molecule has 0 saturated heterocycles. The number of nitrogens with one attached hydrogen (secondary N) is 1. The normalized spacial score (nSPS) is 10.0. The van der Waals surface area contributed by atoms with Crippen molar-refractivity contribution >= 4 is 23.5 Å². The van der Waals surface area contributed by atoms with E-state index >= 15 is 0 Å². The minimum Gasteiger partial charge on any atom is -0.493 e. The number of hydrogen-bond acceptors (Lipinski definition) is 3. The Morgan fingerprint density at radius 1 is 1.27 bits per heavy atom. The summed E-state index contributed by atoms with van der Waals surface area (Å²) in [6.45, 7) is 1.03. The van der Waals surface area contributed by atoms with E-state index in [4.69, 9.17) is 16.3 Å². The van der Waals surface area contributed by atoms with Crippen LogP contribution in [-0.4, -0.2) is 62.6 Å². The van der Waals surface area contributed by atoms with E-state index in [1.54, 1.807) is 38.2 Å². The predicted octanol–water partition coefficient (Wildman–Crippen LogP) is 1.84. The largest absolute Gasteiger partial charge is 0.493 e. The van der Waals surface area contributed by atoms with Crippen molar-refractivity contribution in [1.29, 1.82) is 0 Å². The van der Waals surface area contributed by atoms with E-state index in [-0.39, 0.29) is 18.5 Å². The van der Waals surface area contributed by atoms with E-state index < -0.39 is 0 Å². The molecule has 0 fully saturated rings. The number of rotatable bonds is 7. The van der Waals surface area contributed by atoms with Crippen molar-refractivity contribution in [3.05, 3.63) is 29.3 Å². The number of amides is 3. The molecule has 0 aliphatic rings. The molecule has 1 aromatic carbocycles. The lowest BCUT2D eigenvalue weighted by molar-refractivity contribution is -0.128. The van der Waals surface area contributed by atoms with Gasteiger partial charge >= 0.3 is 6.03 Å². The van der Waals surface area contributed by atoms with Gasteiger partial charge in [0.2, 0.25) is 5.91 Å². The van der Waals surface area contributed by atoms with E-state index in [2.05, 4.69) is 5.32 Å².